The number of methoxy groups -OCH3 is 1. The molecule has 0 saturated carbocycles. The maximum Gasteiger partial charge on any atom is 0.410 e. The molecule has 1 heterocycles. The van der Waals surface area contributed by atoms with Gasteiger partial charge in [-0.25, -0.2) is 4.79 Å². The van der Waals surface area contributed by atoms with E-state index >= 15 is 0 Å². The van der Waals surface area contributed by atoms with Gasteiger partial charge in [-0.05, 0) is 27.2 Å². The van der Waals surface area contributed by atoms with Gasteiger partial charge >= 0.3 is 6.09 Å². The Balaban J connectivity index is 2.24. The van der Waals surface area contributed by atoms with Crippen LogP contribution in [0.4, 0.5) is 4.79 Å². The third-order valence-corrected chi connectivity index (χ3v) is 3.70. The van der Waals surface area contributed by atoms with Crippen molar-refractivity contribution in [2.45, 2.75) is 45.6 Å². The van der Waals surface area contributed by atoms with Gasteiger partial charge in [0.1, 0.15) is 5.60 Å². The third kappa shape index (κ3) is 8.72. The third-order valence-electron chi connectivity index (χ3n) is 3.70. The van der Waals surface area contributed by atoms with Crippen LogP contribution in [0.5, 0.6) is 0 Å². The van der Waals surface area contributed by atoms with Crippen molar-refractivity contribution >= 4 is 17.9 Å². The summed E-state index contributed by atoms with van der Waals surface area (Å²) in [6, 6.07) is 0. The molecule has 0 bridgehead atoms. The van der Waals surface area contributed by atoms with Gasteiger partial charge in [0.15, 0.2) is 0 Å². The molecular formula is C17H31N3O5. The number of nitrogens with one attached hydrogen (secondary N) is 1. The molecule has 1 N–H and O–H groups in total. The summed E-state index contributed by atoms with van der Waals surface area (Å²) in [7, 11) is 1.61. The fourth-order valence-corrected chi connectivity index (χ4v) is 2.38. The van der Waals surface area contributed by atoms with E-state index in [9.17, 15) is 14.4 Å². The summed E-state index contributed by atoms with van der Waals surface area (Å²) < 4.78 is 10.2. The van der Waals surface area contributed by atoms with Gasteiger partial charge in [-0.3, -0.25) is 9.59 Å². The lowest BCUT2D eigenvalue weighted by Gasteiger charge is -2.35. The van der Waals surface area contributed by atoms with Gasteiger partial charge in [0.05, 0.1) is 0 Å². The maximum absolute atomic E-state index is 12.2. The summed E-state index contributed by atoms with van der Waals surface area (Å²) >= 11 is 0. The van der Waals surface area contributed by atoms with Crippen LogP contribution in [0.25, 0.3) is 0 Å². The first-order valence-corrected chi connectivity index (χ1v) is 8.74. The van der Waals surface area contributed by atoms with E-state index in [2.05, 4.69) is 5.32 Å². The predicted octanol–water partition coefficient (Wildman–Crippen LogP) is 0.999. The minimum Gasteiger partial charge on any atom is -0.444 e. The molecule has 1 rings (SSSR count). The first-order chi connectivity index (χ1) is 11.7. The van der Waals surface area contributed by atoms with E-state index < -0.39 is 5.60 Å². The van der Waals surface area contributed by atoms with E-state index in [4.69, 9.17) is 9.47 Å². The highest BCUT2D eigenvalue weighted by molar-refractivity contribution is 5.84. The molecule has 25 heavy (non-hydrogen) atoms. The Bertz CT molecular complexity index is 454. The van der Waals surface area contributed by atoms with Crippen molar-refractivity contribution in [1.82, 2.24) is 15.1 Å². The highest BCUT2D eigenvalue weighted by Gasteiger charge is 2.27. The number of rotatable bonds is 7. The van der Waals surface area contributed by atoms with Crippen LogP contribution in [-0.4, -0.2) is 79.7 Å². The number of amides is 3. The molecule has 8 heteroatoms. The zero-order valence-corrected chi connectivity index (χ0v) is 15.8. The molecule has 0 aliphatic carbocycles. The molecule has 1 saturated heterocycles. The Hall–Kier alpha value is -1.83. The van der Waals surface area contributed by atoms with Crippen molar-refractivity contribution in [3.8, 4) is 0 Å². The minimum absolute atomic E-state index is 0.0594. The van der Waals surface area contributed by atoms with Gasteiger partial charge in [0.25, 0.3) is 0 Å². The van der Waals surface area contributed by atoms with Gasteiger partial charge in [-0.1, -0.05) is 0 Å². The molecule has 3 amide bonds. The molecule has 1 fully saturated rings. The molecule has 0 spiro atoms. The van der Waals surface area contributed by atoms with E-state index in [1.807, 2.05) is 20.8 Å². The second kappa shape index (κ2) is 10.2. The Morgan fingerprint density at radius 1 is 1.00 bits per heavy atom. The predicted molar refractivity (Wildman–Crippen MR) is 93.1 cm³/mol. The van der Waals surface area contributed by atoms with E-state index in [0.717, 1.165) is 6.42 Å². The molecule has 1 aliphatic rings. The van der Waals surface area contributed by atoms with Crippen LogP contribution in [0.1, 0.15) is 40.0 Å². The maximum atomic E-state index is 12.2. The standard InChI is InChI=1S/C17H31N3O5/c1-17(2,3)25-16(23)20-11-9-19(10-12-20)15(22)7-6-14(21)18-8-5-13-24-4/h5-13H2,1-4H3,(H,18,21). The molecule has 0 aromatic heterocycles. The van der Waals surface area contributed by atoms with Crippen molar-refractivity contribution in [2.75, 3.05) is 46.4 Å². The van der Waals surface area contributed by atoms with Crippen LogP contribution in [-0.2, 0) is 19.1 Å². The molecular weight excluding hydrogens is 326 g/mol. The summed E-state index contributed by atoms with van der Waals surface area (Å²) in [5.41, 5.74) is -0.527. The number of ether oxygens (including phenoxy) is 2. The minimum atomic E-state index is -0.527. The van der Waals surface area contributed by atoms with Crippen LogP contribution in [0.2, 0.25) is 0 Å². The fourth-order valence-electron chi connectivity index (χ4n) is 2.38. The molecule has 0 unspecified atom stereocenters. The lowest BCUT2D eigenvalue weighted by Crippen LogP contribution is -2.51. The van der Waals surface area contributed by atoms with E-state index in [-0.39, 0.29) is 30.7 Å². The fraction of sp³-hybridized carbons (Fsp3) is 0.824. The lowest BCUT2D eigenvalue weighted by molar-refractivity contribution is -0.135. The Morgan fingerprint density at radius 2 is 1.60 bits per heavy atom. The smallest absolute Gasteiger partial charge is 0.410 e. The summed E-state index contributed by atoms with van der Waals surface area (Å²) in [5, 5.41) is 2.76. The highest BCUT2D eigenvalue weighted by atomic mass is 16.6. The number of nitrogens with zero attached hydrogens (tertiary/aromatic N) is 2. The van der Waals surface area contributed by atoms with E-state index in [1.165, 1.54) is 0 Å². The van der Waals surface area contributed by atoms with Crippen LogP contribution in [0.15, 0.2) is 0 Å². The highest BCUT2D eigenvalue weighted by Crippen LogP contribution is 2.12. The second-order valence-electron chi connectivity index (χ2n) is 7.04. The largest absolute Gasteiger partial charge is 0.444 e. The first-order valence-electron chi connectivity index (χ1n) is 8.74. The summed E-state index contributed by atoms with van der Waals surface area (Å²) in [6.07, 6.45) is 0.763. The zero-order chi connectivity index (χ0) is 18.9. The van der Waals surface area contributed by atoms with Gasteiger partial charge in [0, 0.05) is 59.3 Å². The summed E-state index contributed by atoms with van der Waals surface area (Å²) in [6.45, 7) is 8.45. The number of piperazine rings is 1. The van der Waals surface area contributed by atoms with Gasteiger partial charge in [-0.2, -0.15) is 0 Å². The zero-order valence-electron chi connectivity index (χ0n) is 15.8. The van der Waals surface area contributed by atoms with Crippen molar-refractivity contribution in [3.63, 3.8) is 0 Å². The molecule has 0 aromatic rings. The number of hydrogen-bond donors (Lipinski definition) is 1. The van der Waals surface area contributed by atoms with E-state index in [1.54, 1.807) is 16.9 Å². The molecule has 0 aromatic carbocycles. The SMILES string of the molecule is COCCCNC(=O)CCC(=O)N1CCN(C(=O)OC(C)(C)C)CC1. The van der Waals surface area contributed by atoms with Crippen molar-refractivity contribution in [3.05, 3.63) is 0 Å². The number of carbonyl (C=O) groups excluding carboxylic acids is 3. The Morgan fingerprint density at radius 3 is 2.16 bits per heavy atom. The van der Waals surface area contributed by atoms with Crippen LogP contribution >= 0.6 is 0 Å². The molecule has 1 aliphatic heterocycles. The Labute approximate surface area is 149 Å². The Kier molecular flexibility index (Phi) is 8.68. The van der Waals surface area contributed by atoms with Gasteiger partial charge in [-0.15, -0.1) is 0 Å². The molecule has 0 radical (unpaired) electrons. The quantitative estimate of drug-likeness (QED) is 0.687. The average molecular weight is 357 g/mol. The molecule has 8 nitrogen and oxygen atoms in total. The monoisotopic (exact) mass is 357 g/mol. The lowest BCUT2D eigenvalue weighted by atomic mass is 10.2. The van der Waals surface area contributed by atoms with E-state index in [0.29, 0.717) is 39.3 Å². The second-order valence-corrected chi connectivity index (χ2v) is 7.04. The average Bonchev–Trinajstić information content (AvgIpc) is 2.55. The van der Waals surface area contributed by atoms with Crippen molar-refractivity contribution in [1.29, 1.82) is 0 Å². The van der Waals surface area contributed by atoms with Crippen LogP contribution in [0.3, 0.4) is 0 Å². The first kappa shape index (κ1) is 21.2. The molecule has 0 atom stereocenters. The normalized spacial score (nSPS) is 15.0. The van der Waals surface area contributed by atoms with Gasteiger partial charge < -0.3 is 24.6 Å². The summed E-state index contributed by atoms with van der Waals surface area (Å²) in [4.78, 5) is 39.1. The molecule has 144 valence electrons. The number of hydrogen-bond acceptors (Lipinski definition) is 5. The van der Waals surface area contributed by atoms with Crippen molar-refractivity contribution in [2.24, 2.45) is 0 Å². The number of carbonyl (C=O) groups is 3. The summed E-state index contributed by atoms with van der Waals surface area (Å²) in [5.74, 6) is -0.187. The topological polar surface area (TPSA) is 88.2 Å². The van der Waals surface area contributed by atoms with Gasteiger partial charge in [0.2, 0.25) is 11.8 Å². The van der Waals surface area contributed by atoms with Crippen molar-refractivity contribution < 1.29 is 23.9 Å². The van der Waals surface area contributed by atoms with Crippen LogP contribution in [0, 0.1) is 0 Å². The van der Waals surface area contributed by atoms with Crippen LogP contribution < -0.4 is 5.32 Å².